The average Bonchev–Trinajstić information content (AvgIpc) is 2.96. The van der Waals surface area contributed by atoms with Crippen LogP contribution < -0.4 is 10.6 Å². The Kier molecular flexibility index (Phi) is 5.64. The molecule has 1 aromatic rings. The molecule has 1 fully saturated rings. The first-order chi connectivity index (χ1) is 9.66. The number of benzene rings is 1. The molecular weight excluding hydrogens is 280 g/mol. The molecule has 3 N–H and O–H groups in total. The van der Waals surface area contributed by atoms with E-state index in [4.69, 9.17) is 16.3 Å². The number of ether oxygens (including phenoxy) is 1. The molecule has 5 nitrogen and oxygen atoms in total. The molecule has 2 atom stereocenters. The van der Waals surface area contributed by atoms with E-state index in [1.54, 1.807) is 24.3 Å². The van der Waals surface area contributed by atoms with E-state index in [9.17, 15) is 9.90 Å². The number of rotatable bonds is 5. The standard InChI is InChI=1S/C14H19ClN2O3/c15-12-6-2-1-5-11(12)13(18)9-17-14(19)16-8-10-4-3-7-20-10/h1-2,5-6,10,13,18H,3-4,7-9H2,(H2,16,17,19). The Bertz CT molecular complexity index is 450. The zero-order chi connectivity index (χ0) is 14.4. The third-order valence-electron chi connectivity index (χ3n) is 3.23. The van der Waals surface area contributed by atoms with Crippen LogP contribution in [0.25, 0.3) is 0 Å². The van der Waals surface area contributed by atoms with Crippen molar-refractivity contribution in [3.63, 3.8) is 0 Å². The van der Waals surface area contributed by atoms with Gasteiger partial charge in [-0.2, -0.15) is 0 Å². The van der Waals surface area contributed by atoms with Gasteiger partial charge in [-0.05, 0) is 18.9 Å². The predicted molar refractivity (Wildman–Crippen MR) is 76.8 cm³/mol. The lowest BCUT2D eigenvalue weighted by molar-refractivity contribution is 0.111. The lowest BCUT2D eigenvalue weighted by Crippen LogP contribution is -2.41. The van der Waals surface area contributed by atoms with E-state index in [0.29, 0.717) is 17.1 Å². The normalized spacial score (nSPS) is 19.6. The first kappa shape index (κ1) is 15.1. The molecule has 110 valence electrons. The van der Waals surface area contributed by atoms with Gasteiger partial charge in [-0.15, -0.1) is 0 Å². The van der Waals surface area contributed by atoms with Crippen LogP contribution in [-0.2, 0) is 4.74 Å². The van der Waals surface area contributed by atoms with E-state index >= 15 is 0 Å². The van der Waals surface area contributed by atoms with Gasteiger partial charge in [0, 0.05) is 30.3 Å². The van der Waals surface area contributed by atoms with Crippen molar-refractivity contribution in [3.8, 4) is 0 Å². The Balaban J connectivity index is 1.71. The molecule has 1 aliphatic heterocycles. The number of hydrogen-bond acceptors (Lipinski definition) is 3. The van der Waals surface area contributed by atoms with Crippen LogP contribution in [0.3, 0.4) is 0 Å². The van der Waals surface area contributed by atoms with Crippen molar-refractivity contribution in [1.82, 2.24) is 10.6 Å². The highest BCUT2D eigenvalue weighted by molar-refractivity contribution is 6.31. The summed E-state index contributed by atoms with van der Waals surface area (Å²) in [5, 5.41) is 15.8. The summed E-state index contributed by atoms with van der Waals surface area (Å²) in [7, 11) is 0. The van der Waals surface area contributed by atoms with E-state index in [1.807, 2.05) is 0 Å². The van der Waals surface area contributed by atoms with Gasteiger partial charge in [0.2, 0.25) is 0 Å². The number of aliphatic hydroxyl groups excluding tert-OH is 1. The van der Waals surface area contributed by atoms with E-state index in [-0.39, 0.29) is 18.7 Å². The summed E-state index contributed by atoms with van der Waals surface area (Å²) >= 11 is 5.98. The maximum Gasteiger partial charge on any atom is 0.314 e. The Morgan fingerprint density at radius 3 is 2.95 bits per heavy atom. The molecule has 0 aliphatic carbocycles. The minimum atomic E-state index is -0.822. The van der Waals surface area contributed by atoms with Crippen molar-refractivity contribution in [2.45, 2.75) is 25.0 Å². The van der Waals surface area contributed by atoms with Crippen molar-refractivity contribution >= 4 is 17.6 Å². The van der Waals surface area contributed by atoms with Gasteiger partial charge >= 0.3 is 6.03 Å². The molecule has 2 unspecified atom stereocenters. The molecule has 1 aromatic carbocycles. The molecule has 0 aromatic heterocycles. The highest BCUT2D eigenvalue weighted by Crippen LogP contribution is 2.21. The molecule has 1 heterocycles. The molecule has 0 radical (unpaired) electrons. The fourth-order valence-electron chi connectivity index (χ4n) is 2.12. The molecule has 2 amide bonds. The number of nitrogens with one attached hydrogen (secondary N) is 2. The van der Waals surface area contributed by atoms with Crippen LogP contribution in [0.5, 0.6) is 0 Å². The van der Waals surface area contributed by atoms with Crippen LogP contribution >= 0.6 is 11.6 Å². The summed E-state index contributed by atoms with van der Waals surface area (Å²) in [4.78, 5) is 11.6. The summed E-state index contributed by atoms with van der Waals surface area (Å²) in [6, 6.07) is 6.71. The third kappa shape index (κ3) is 4.37. The maximum absolute atomic E-state index is 11.6. The van der Waals surface area contributed by atoms with Crippen LogP contribution in [-0.4, -0.2) is 36.9 Å². The second-order valence-corrected chi connectivity index (χ2v) is 5.17. The number of halogens is 1. The van der Waals surface area contributed by atoms with Gasteiger partial charge in [-0.1, -0.05) is 29.8 Å². The fourth-order valence-corrected chi connectivity index (χ4v) is 2.38. The number of hydrogen-bond donors (Lipinski definition) is 3. The Hall–Kier alpha value is -1.30. The van der Waals surface area contributed by atoms with Crippen LogP contribution in [0.1, 0.15) is 24.5 Å². The molecule has 0 saturated carbocycles. The molecule has 6 heteroatoms. The molecule has 0 bridgehead atoms. The lowest BCUT2D eigenvalue weighted by atomic mass is 10.1. The summed E-state index contributed by atoms with van der Waals surface area (Å²) in [6.45, 7) is 1.37. The highest BCUT2D eigenvalue weighted by atomic mass is 35.5. The summed E-state index contributed by atoms with van der Waals surface area (Å²) < 4.78 is 5.40. The largest absolute Gasteiger partial charge is 0.387 e. The van der Waals surface area contributed by atoms with Crippen molar-refractivity contribution in [2.24, 2.45) is 0 Å². The van der Waals surface area contributed by atoms with E-state index < -0.39 is 6.10 Å². The summed E-state index contributed by atoms with van der Waals surface area (Å²) in [5.74, 6) is 0. The molecule has 20 heavy (non-hydrogen) atoms. The fraction of sp³-hybridized carbons (Fsp3) is 0.500. The smallest absolute Gasteiger partial charge is 0.314 e. The van der Waals surface area contributed by atoms with Crippen LogP contribution in [0.2, 0.25) is 5.02 Å². The Labute approximate surface area is 123 Å². The first-order valence-electron chi connectivity index (χ1n) is 6.72. The number of amides is 2. The van der Waals surface area contributed by atoms with Crippen molar-refractivity contribution in [1.29, 1.82) is 0 Å². The lowest BCUT2D eigenvalue weighted by Gasteiger charge is -2.15. The van der Waals surface area contributed by atoms with Gasteiger partial charge in [0.15, 0.2) is 0 Å². The minimum absolute atomic E-state index is 0.106. The van der Waals surface area contributed by atoms with E-state index in [0.717, 1.165) is 19.4 Å². The molecule has 1 aliphatic rings. The molecule has 2 rings (SSSR count). The van der Waals surface area contributed by atoms with E-state index in [2.05, 4.69) is 10.6 Å². The maximum atomic E-state index is 11.6. The summed E-state index contributed by atoms with van der Waals surface area (Å²) in [6.07, 6.45) is 1.30. The van der Waals surface area contributed by atoms with E-state index in [1.165, 1.54) is 0 Å². The topological polar surface area (TPSA) is 70.6 Å². The molecular formula is C14H19ClN2O3. The average molecular weight is 299 g/mol. The summed E-state index contributed by atoms with van der Waals surface area (Å²) in [5.41, 5.74) is 0.605. The molecule has 0 spiro atoms. The second-order valence-electron chi connectivity index (χ2n) is 4.76. The van der Waals surface area contributed by atoms with Gasteiger partial charge < -0.3 is 20.5 Å². The second kappa shape index (κ2) is 7.47. The van der Waals surface area contributed by atoms with Crippen molar-refractivity contribution < 1.29 is 14.6 Å². The quantitative estimate of drug-likeness (QED) is 0.777. The highest BCUT2D eigenvalue weighted by Gasteiger charge is 2.17. The van der Waals surface area contributed by atoms with Gasteiger partial charge in [-0.25, -0.2) is 4.79 Å². The zero-order valence-corrected chi connectivity index (χ0v) is 11.9. The van der Waals surface area contributed by atoms with Crippen LogP contribution in [0.15, 0.2) is 24.3 Å². The third-order valence-corrected chi connectivity index (χ3v) is 3.58. The van der Waals surface area contributed by atoms with Crippen molar-refractivity contribution in [2.75, 3.05) is 19.7 Å². The van der Waals surface area contributed by atoms with Gasteiger partial charge in [-0.3, -0.25) is 0 Å². The number of urea groups is 1. The van der Waals surface area contributed by atoms with Crippen molar-refractivity contribution in [3.05, 3.63) is 34.9 Å². The van der Waals surface area contributed by atoms with Gasteiger partial charge in [0.1, 0.15) is 0 Å². The monoisotopic (exact) mass is 298 g/mol. The predicted octanol–water partition coefficient (Wildman–Crippen LogP) is 1.85. The number of aliphatic hydroxyl groups is 1. The number of carbonyl (C=O) groups excluding carboxylic acids is 1. The zero-order valence-electron chi connectivity index (χ0n) is 11.1. The van der Waals surface area contributed by atoms with Gasteiger partial charge in [0.25, 0.3) is 0 Å². The molecule has 1 saturated heterocycles. The van der Waals surface area contributed by atoms with Gasteiger partial charge in [0.05, 0.1) is 12.2 Å². The Morgan fingerprint density at radius 1 is 1.45 bits per heavy atom. The first-order valence-corrected chi connectivity index (χ1v) is 7.10. The number of carbonyl (C=O) groups is 1. The Morgan fingerprint density at radius 2 is 2.25 bits per heavy atom. The SMILES string of the molecule is O=C(NCC1CCCO1)NCC(O)c1ccccc1Cl. The minimum Gasteiger partial charge on any atom is -0.387 e. The van der Waals surface area contributed by atoms with Crippen LogP contribution in [0.4, 0.5) is 4.79 Å². The van der Waals surface area contributed by atoms with Crippen LogP contribution in [0, 0.1) is 0 Å².